The third-order valence-corrected chi connectivity index (χ3v) is 4.98. The molecule has 0 amide bonds. The van der Waals surface area contributed by atoms with E-state index in [0.717, 1.165) is 22.7 Å². The number of hydrogen-bond donors (Lipinski definition) is 1. The summed E-state index contributed by atoms with van der Waals surface area (Å²) in [5.41, 5.74) is 1.41. The number of anilines is 1. The standard InChI is InChI=1S/C13H17NO4S/c1-10-2-6-12(7-3-10)14(8-13(15)16)19(17,18)9-11-4-5-11/h2-3,6-7,11H,4-5,8-9H2,1H3,(H,15,16). The predicted octanol–water partition coefficient (Wildman–Crippen LogP) is 1.63. The zero-order valence-electron chi connectivity index (χ0n) is 10.7. The lowest BCUT2D eigenvalue weighted by Gasteiger charge is -2.22. The van der Waals surface area contributed by atoms with Crippen LogP contribution in [0.3, 0.4) is 0 Å². The molecule has 0 bridgehead atoms. The largest absolute Gasteiger partial charge is 0.480 e. The highest BCUT2D eigenvalue weighted by Gasteiger charge is 2.33. The van der Waals surface area contributed by atoms with Crippen LogP contribution in [0.2, 0.25) is 0 Å². The van der Waals surface area contributed by atoms with Crippen molar-refractivity contribution < 1.29 is 18.3 Å². The first-order valence-corrected chi connectivity index (χ1v) is 7.78. The molecular weight excluding hydrogens is 266 g/mol. The fraction of sp³-hybridized carbons (Fsp3) is 0.462. The van der Waals surface area contributed by atoms with Gasteiger partial charge in [-0.25, -0.2) is 8.42 Å². The molecule has 0 unspecified atom stereocenters. The van der Waals surface area contributed by atoms with E-state index in [1.807, 2.05) is 6.92 Å². The lowest BCUT2D eigenvalue weighted by molar-refractivity contribution is -0.135. The van der Waals surface area contributed by atoms with Crippen molar-refractivity contribution in [2.24, 2.45) is 5.92 Å². The normalized spacial score (nSPS) is 15.2. The Morgan fingerprint density at radius 2 is 1.89 bits per heavy atom. The van der Waals surface area contributed by atoms with Crippen LogP contribution in [0, 0.1) is 12.8 Å². The Morgan fingerprint density at radius 3 is 2.37 bits per heavy atom. The fourth-order valence-electron chi connectivity index (χ4n) is 1.86. The van der Waals surface area contributed by atoms with Crippen molar-refractivity contribution in [3.05, 3.63) is 29.8 Å². The van der Waals surface area contributed by atoms with Crippen molar-refractivity contribution in [2.45, 2.75) is 19.8 Å². The van der Waals surface area contributed by atoms with Crippen molar-refractivity contribution in [3.8, 4) is 0 Å². The minimum Gasteiger partial charge on any atom is -0.480 e. The number of carboxylic acid groups (broad SMARTS) is 1. The van der Waals surface area contributed by atoms with Crippen LogP contribution in [-0.4, -0.2) is 31.8 Å². The van der Waals surface area contributed by atoms with Crippen LogP contribution in [0.25, 0.3) is 0 Å². The molecule has 0 heterocycles. The second-order valence-electron chi connectivity index (χ2n) is 4.96. The summed E-state index contributed by atoms with van der Waals surface area (Å²) in [6.07, 6.45) is 1.82. The minimum atomic E-state index is -3.57. The van der Waals surface area contributed by atoms with E-state index in [-0.39, 0.29) is 11.7 Å². The van der Waals surface area contributed by atoms with Gasteiger partial charge in [-0.1, -0.05) is 17.7 Å². The Labute approximate surface area is 112 Å². The number of benzene rings is 1. The van der Waals surface area contributed by atoms with Gasteiger partial charge in [0.1, 0.15) is 6.54 Å². The summed E-state index contributed by atoms with van der Waals surface area (Å²) in [5, 5.41) is 8.91. The van der Waals surface area contributed by atoms with Gasteiger partial charge in [0.15, 0.2) is 0 Å². The average Bonchev–Trinajstić information content (AvgIpc) is 3.10. The molecule has 104 valence electrons. The summed E-state index contributed by atoms with van der Waals surface area (Å²) in [7, 11) is -3.57. The van der Waals surface area contributed by atoms with Crippen LogP contribution < -0.4 is 4.31 Å². The molecule has 0 radical (unpaired) electrons. The number of aryl methyl sites for hydroxylation is 1. The van der Waals surface area contributed by atoms with Gasteiger partial charge in [-0.15, -0.1) is 0 Å². The average molecular weight is 283 g/mol. The molecule has 0 aliphatic heterocycles. The van der Waals surface area contributed by atoms with E-state index in [1.54, 1.807) is 24.3 Å². The van der Waals surface area contributed by atoms with E-state index < -0.39 is 22.5 Å². The van der Waals surface area contributed by atoms with E-state index in [0.29, 0.717) is 5.69 Å². The highest BCUT2D eigenvalue weighted by molar-refractivity contribution is 7.92. The number of carboxylic acids is 1. The van der Waals surface area contributed by atoms with Gasteiger partial charge in [-0.3, -0.25) is 9.10 Å². The third-order valence-electron chi connectivity index (χ3n) is 3.08. The lowest BCUT2D eigenvalue weighted by atomic mass is 10.2. The quantitative estimate of drug-likeness (QED) is 0.861. The molecule has 0 atom stereocenters. The molecule has 0 saturated heterocycles. The molecule has 1 aromatic rings. The van der Waals surface area contributed by atoms with Gasteiger partial charge in [-0.05, 0) is 37.8 Å². The van der Waals surface area contributed by atoms with Gasteiger partial charge in [0.05, 0.1) is 11.4 Å². The number of carbonyl (C=O) groups is 1. The van der Waals surface area contributed by atoms with Gasteiger partial charge in [0.2, 0.25) is 10.0 Å². The number of aliphatic carboxylic acids is 1. The molecule has 1 aromatic carbocycles. The van der Waals surface area contributed by atoms with Gasteiger partial charge < -0.3 is 5.11 Å². The van der Waals surface area contributed by atoms with Crippen LogP contribution in [0.4, 0.5) is 5.69 Å². The topological polar surface area (TPSA) is 74.7 Å². The number of hydrogen-bond acceptors (Lipinski definition) is 3. The lowest BCUT2D eigenvalue weighted by Crippen LogP contribution is -2.37. The second kappa shape index (κ2) is 5.21. The summed E-state index contributed by atoms with van der Waals surface area (Å²) < 4.78 is 25.5. The molecule has 1 aliphatic rings. The first-order chi connectivity index (χ1) is 8.88. The van der Waals surface area contributed by atoms with E-state index in [2.05, 4.69) is 0 Å². The molecule has 6 heteroatoms. The van der Waals surface area contributed by atoms with E-state index in [1.165, 1.54) is 0 Å². The first kappa shape index (κ1) is 13.9. The van der Waals surface area contributed by atoms with Crippen LogP contribution in [0.15, 0.2) is 24.3 Å². The molecule has 5 nitrogen and oxygen atoms in total. The Balaban J connectivity index is 2.28. The number of sulfonamides is 1. The summed E-state index contributed by atoms with van der Waals surface area (Å²) >= 11 is 0. The van der Waals surface area contributed by atoms with E-state index >= 15 is 0 Å². The van der Waals surface area contributed by atoms with Crippen molar-refractivity contribution in [2.75, 3.05) is 16.6 Å². The van der Waals surface area contributed by atoms with Crippen LogP contribution in [0.5, 0.6) is 0 Å². The van der Waals surface area contributed by atoms with Gasteiger partial charge in [0.25, 0.3) is 0 Å². The predicted molar refractivity (Wildman–Crippen MR) is 72.7 cm³/mol. The highest BCUT2D eigenvalue weighted by atomic mass is 32.2. The van der Waals surface area contributed by atoms with E-state index in [4.69, 9.17) is 5.11 Å². The molecule has 1 N–H and O–H groups in total. The van der Waals surface area contributed by atoms with Crippen molar-refractivity contribution in [1.82, 2.24) is 0 Å². The SMILES string of the molecule is Cc1ccc(N(CC(=O)O)S(=O)(=O)CC2CC2)cc1. The molecule has 19 heavy (non-hydrogen) atoms. The number of nitrogens with zero attached hydrogens (tertiary/aromatic N) is 1. The maximum absolute atomic E-state index is 12.3. The second-order valence-corrected chi connectivity index (χ2v) is 6.90. The van der Waals surface area contributed by atoms with Gasteiger partial charge in [0, 0.05) is 0 Å². The summed E-state index contributed by atoms with van der Waals surface area (Å²) in [6.45, 7) is 1.36. The molecular formula is C13H17NO4S. The summed E-state index contributed by atoms with van der Waals surface area (Å²) in [4.78, 5) is 10.9. The molecule has 1 fully saturated rings. The zero-order valence-corrected chi connectivity index (χ0v) is 11.6. The molecule has 2 rings (SSSR count). The third kappa shape index (κ3) is 3.70. The van der Waals surface area contributed by atoms with Gasteiger partial charge in [-0.2, -0.15) is 0 Å². The Morgan fingerprint density at radius 1 is 1.32 bits per heavy atom. The molecule has 0 spiro atoms. The highest BCUT2D eigenvalue weighted by Crippen LogP contribution is 2.32. The molecule has 1 aliphatic carbocycles. The molecule has 0 aromatic heterocycles. The Kier molecular flexibility index (Phi) is 3.80. The monoisotopic (exact) mass is 283 g/mol. The Bertz CT molecular complexity index is 561. The molecule has 1 saturated carbocycles. The number of rotatable bonds is 6. The summed E-state index contributed by atoms with van der Waals surface area (Å²) in [5.74, 6) is -0.930. The maximum atomic E-state index is 12.3. The van der Waals surface area contributed by atoms with Crippen molar-refractivity contribution in [3.63, 3.8) is 0 Å². The summed E-state index contributed by atoms with van der Waals surface area (Å²) in [6, 6.07) is 6.83. The smallest absolute Gasteiger partial charge is 0.324 e. The maximum Gasteiger partial charge on any atom is 0.324 e. The zero-order chi connectivity index (χ0) is 14.0. The van der Waals surface area contributed by atoms with Crippen molar-refractivity contribution >= 4 is 21.7 Å². The Hall–Kier alpha value is -1.56. The van der Waals surface area contributed by atoms with Crippen LogP contribution in [-0.2, 0) is 14.8 Å². The van der Waals surface area contributed by atoms with Gasteiger partial charge >= 0.3 is 5.97 Å². The van der Waals surface area contributed by atoms with Crippen LogP contribution in [0.1, 0.15) is 18.4 Å². The van der Waals surface area contributed by atoms with Crippen LogP contribution >= 0.6 is 0 Å². The fourth-order valence-corrected chi connectivity index (χ4v) is 3.72. The first-order valence-electron chi connectivity index (χ1n) is 6.17. The van der Waals surface area contributed by atoms with Crippen molar-refractivity contribution in [1.29, 1.82) is 0 Å². The minimum absolute atomic E-state index is 0.0359. The van der Waals surface area contributed by atoms with E-state index in [9.17, 15) is 13.2 Å².